The molecule has 1 amide bonds. The summed E-state index contributed by atoms with van der Waals surface area (Å²) in [6, 6.07) is 19.7. The van der Waals surface area contributed by atoms with Gasteiger partial charge in [0.1, 0.15) is 0 Å². The summed E-state index contributed by atoms with van der Waals surface area (Å²) in [5, 5.41) is 15.0. The summed E-state index contributed by atoms with van der Waals surface area (Å²) < 4.78 is 11.2. The molecule has 35 heavy (non-hydrogen) atoms. The smallest absolute Gasteiger partial charge is 0.270 e. The van der Waals surface area contributed by atoms with E-state index in [2.05, 4.69) is 10.3 Å². The number of nitro benzene ring substituents is 1. The third-order valence-electron chi connectivity index (χ3n) is 5.79. The number of ether oxygens (including phenoxy) is 2. The lowest BCUT2D eigenvalue weighted by atomic mass is 9.89. The molecule has 0 spiro atoms. The van der Waals surface area contributed by atoms with Crippen LogP contribution in [0.2, 0.25) is 0 Å². The van der Waals surface area contributed by atoms with Gasteiger partial charge in [-0.15, -0.1) is 0 Å². The van der Waals surface area contributed by atoms with E-state index in [1.165, 1.54) is 18.2 Å². The number of non-ortho nitro benzene ring substituents is 1. The number of hydrogen-bond acceptors (Lipinski definition) is 5. The van der Waals surface area contributed by atoms with Gasteiger partial charge in [0.2, 0.25) is 5.91 Å². The molecule has 4 rings (SSSR count). The number of methoxy groups -OCH3 is 2. The number of nitrogens with zero attached hydrogens (tertiary/aromatic N) is 1. The molecule has 3 aromatic carbocycles. The van der Waals surface area contributed by atoms with Crippen molar-refractivity contribution in [3.05, 3.63) is 106 Å². The summed E-state index contributed by atoms with van der Waals surface area (Å²) in [6.07, 6.45) is 4.86. The van der Waals surface area contributed by atoms with Gasteiger partial charge in [0.25, 0.3) is 5.69 Å². The molecule has 0 bridgehead atoms. The molecule has 1 unspecified atom stereocenters. The molecule has 4 aromatic rings. The van der Waals surface area contributed by atoms with E-state index in [-0.39, 0.29) is 17.5 Å². The summed E-state index contributed by atoms with van der Waals surface area (Å²) in [5.41, 5.74) is 3.41. The monoisotopic (exact) mass is 471 g/mol. The molecule has 0 radical (unpaired) electrons. The first-order valence-electron chi connectivity index (χ1n) is 11.0. The zero-order valence-electron chi connectivity index (χ0n) is 19.4. The van der Waals surface area contributed by atoms with Crippen molar-refractivity contribution in [3.63, 3.8) is 0 Å². The lowest BCUT2D eigenvalue weighted by molar-refractivity contribution is -0.384. The minimum atomic E-state index is -0.468. The maximum Gasteiger partial charge on any atom is 0.270 e. The molecule has 8 heteroatoms. The molecule has 0 saturated carbocycles. The van der Waals surface area contributed by atoms with Crippen molar-refractivity contribution in [3.8, 4) is 11.5 Å². The Labute approximate surface area is 202 Å². The Morgan fingerprint density at radius 3 is 2.63 bits per heavy atom. The van der Waals surface area contributed by atoms with Crippen LogP contribution in [-0.2, 0) is 4.79 Å². The second-order valence-corrected chi connectivity index (χ2v) is 7.86. The van der Waals surface area contributed by atoms with Gasteiger partial charge in [-0.3, -0.25) is 14.9 Å². The van der Waals surface area contributed by atoms with Gasteiger partial charge in [0.15, 0.2) is 11.5 Å². The minimum Gasteiger partial charge on any atom is -0.493 e. The van der Waals surface area contributed by atoms with E-state index in [1.54, 1.807) is 32.4 Å². The minimum absolute atomic E-state index is 0.0305. The second kappa shape index (κ2) is 10.6. The topological polar surface area (TPSA) is 106 Å². The van der Waals surface area contributed by atoms with Crippen molar-refractivity contribution >= 4 is 28.6 Å². The lowest BCUT2D eigenvalue weighted by Crippen LogP contribution is -2.27. The van der Waals surface area contributed by atoms with Crippen molar-refractivity contribution in [1.29, 1.82) is 0 Å². The lowest BCUT2D eigenvalue weighted by Gasteiger charge is -2.21. The number of rotatable bonds is 9. The highest BCUT2D eigenvalue weighted by atomic mass is 16.6. The van der Waals surface area contributed by atoms with Gasteiger partial charge in [-0.05, 0) is 29.3 Å². The Balaban J connectivity index is 1.62. The molecule has 0 aliphatic rings. The Hall–Kier alpha value is -4.59. The van der Waals surface area contributed by atoms with Crippen LogP contribution in [0.5, 0.6) is 11.5 Å². The normalized spacial score (nSPS) is 11.9. The predicted molar refractivity (Wildman–Crippen MR) is 135 cm³/mol. The summed E-state index contributed by atoms with van der Waals surface area (Å²) in [4.78, 5) is 26.5. The van der Waals surface area contributed by atoms with E-state index in [0.29, 0.717) is 23.6 Å². The van der Waals surface area contributed by atoms with Crippen LogP contribution in [0.3, 0.4) is 0 Å². The fourth-order valence-electron chi connectivity index (χ4n) is 4.13. The summed E-state index contributed by atoms with van der Waals surface area (Å²) in [5.74, 6) is 0.660. The molecule has 1 aromatic heterocycles. The van der Waals surface area contributed by atoms with Crippen LogP contribution in [0.4, 0.5) is 5.69 Å². The van der Waals surface area contributed by atoms with Gasteiger partial charge >= 0.3 is 0 Å². The molecule has 1 heterocycles. The van der Waals surface area contributed by atoms with E-state index in [4.69, 9.17) is 9.47 Å². The average Bonchev–Trinajstić information content (AvgIpc) is 3.31. The SMILES string of the molecule is COc1cccc(C(CNC(=O)/C=C/c2cccc([N+](=O)[O-])c2)c2c[nH]c3ccccc23)c1OC. The van der Waals surface area contributed by atoms with Gasteiger partial charge in [0.05, 0.1) is 19.1 Å². The zero-order chi connectivity index (χ0) is 24.8. The van der Waals surface area contributed by atoms with Gasteiger partial charge in [0, 0.05) is 53.3 Å². The van der Waals surface area contributed by atoms with Gasteiger partial charge in [-0.25, -0.2) is 0 Å². The number of nitro groups is 1. The first-order chi connectivity index (χ1) is 17.0. The summed E-state index contributed by atoms with van der Waals surface area (Å²) >= 11 is 0. The molecule has 2 N–H and O–H groups in total. The summed E-state index contributed by atoms with van der Waals surface area (Å²) in [7, 11) is 3.18. The average molecular weight is 472 g/mol. The Morgan fingerprint density at radius 1 is 1.06 bits per heavy atom. The van der Waals surface area contributed by atoms with Crippen molar-refractivity contribution < 1.29 is 19.2 Å². The quantitative estimate of drug-likeness (QED) is 0.202. The number of carbonyl (C=O) groups is 1. The standard InChI is InChI=1S/C27H25N3O5/c1-34-25-12-6-10-21(27(25)35-2)23(22-16-28-24-11-4-3-9-20(22)24)17-29-26(31)14-13-18-7-5-8-19(15-18)30(32)33/h3-16,23,28H,17H2,1-2H3,(H,29,31)/b14-13+. The van der Waals surface area contributed by atoms with Crippen LogP contribution in [0, 0.1) is 10.1 Å². The predicted octanol–water partition coefficient (Wildman–Crippen LogP) is 5.05. The maximum absolute atomic E-state index is 12.7. The van der Waals surface area contributed by atoms with Gasteiger partial charge in [-0.1, -0.05) is 42.5 Å². The number of carbonyl (C=O) groups excluding carboxylic acids is 1. The molecule has 8 nitrogen and oxygen atoms in total. The number of fused-ring (bicyclic) bond motifs is 1. The molecular weight excluding hydrogens is 446 g/mol. The van der Waals surface area contributed by atoms with Crippen molar-refractivity contribution in [1.82, 2.24) is 10.3 Å². The van der Waals surface area contributed by atoms with E-state index >= 15 is 0 Å². The summed E-state index contributed by atoms with van der Waals surface area (Å²) in [6.45, 7) is 0.295. The largest absolute Gasteiger partial charge is 0.493 e. The number of benzene rings is 3. The van der Waals surface area contributed by atoms with Gasteiger partial charge in [-0.2, -0.15) is 0 Å². The number of nitrogens with one attached hydrogen (secondary N) is 2. The fourth-order valence-corrected chi connectivity index (χ4v) is 4.13. The zero-order valence-corrected chi connectivity index (χ0v) is 19.4. The molecule has 0 fully saturated rings. The first kappa shape index (κ1) is 23.6. The fraction of sp³-hybridized carbons (Fsp3) is 0.148. The Kier molecular flexibility index (Phi) is 7.11. The van der Waals surface area contributed by atoms with Crippen molar-refractivity contribution in [2.45, 2.75) is 5.92 Å². The number of H-pyrrole nitrogens is 1. The number of aromatic amines is 1. The highest BCUT2D eigenvalue weighted by Gasteiger charge is 2.24. The highest BCUT2D eigenvalue weighted by molar-refractivity contribution is 5.92. The Morgan fingerprint density at radius 2 is 1.86 bits per heavy atom. The maximum atomic E-state index is 12.7. The molecule has 0 aliphatic heterocycles. The molecule has 178 valence electrons. The first-order valence-corrected chi connectivity index (χ1v) is 11.0. The Bertz CT molecular complexity index is 1390. The van der Waals surface area contributed by atoms with E-state index in [1.807, 2.05) is 48.7 Å². The van der Waals surface area contributed by atoms with Crippen LogP contribution in [0.25, 0.3) is 17.0 Å². The van der Waals surface area contributed by atoms with Crippen LogP contribution in [0.15, 0.2) is 79.0 Å². The number of aromatic nitrogens is 1. The molecule has 1 atom stereocenters. The second-order valence-electron chi connectivity index (χ2n) is 7.86. The van der Waals surface area contributed by atoms with Crippen LogP contribution < -0.4 is 14.8 Å². The third-order valence-corrected chi connectivity index (χ3v) is 5.79. The van der Waals surface area contributed by atoms with Crippen LogP contribution >= 0.6 is 0 Å². The highest BCUT2D eigenvalue weighted by Crippen LogP contribution is 2.40. The van der Waals surface area contributed by atoms with Crippen LogP contribution in [-0.4, -0.2) is 36.6 Å². The van der Waals surface area contributed by atoms with E-state index in [9.17, 15) is 14.9 Å². The van der Waals surface area contributed by atoms with Crippen LogP contribution in [0.1, 0.15) is 22.6 Å². The molecular formula is C27H25N3O5. The van der Waals surface area contributed by atoms with Crippen molar-refractivity contribution in [2.75, 3.05) is 20.8 Å². The van der Waals surface area contributed by atoms with E-state index in [0.717, 1.165) is 22.0 Å². The number of amides is 1. The van der Waals surface area contributed by atoms with Crippen molar-refractivity contribution in [2.24, 2.45) is 0 Å². The van der Waals surface area contributed by atoms with E-state index < -0.39 is 4.92 Å². The van der Waals surface area contributed by atoms with Gasteiger partial charge < -0.3 is 19.8 Å². The molecule has 0 aliphatic carbocycles. The number of hydrogen-bond donors (Lipinski definition) is 2. The molecule has 0 saturated heterocycles. The third kappa shape index (κ3) is 5.16. The number of para-hydroxylation sites is 2.